The molecule has 1 rings (SSSR count). The van der Waals surface area contributed by atoms with Gasteiger partial charge in [0, 0.05) is 12.1 Å². The van der Waals surface area contributed by atoms with Crippen molar-refractivity contribution in [2.45, 2.75) is 19.8 Å². The Bertz CT molecular complexity index is 364. The molecule has 3 nitrogen and oxygen atoms in total. The molecule has 1 aromatic rings. The largest absolute Gasteiger partial charge is 0.412 e. The van der Waals surface area contributed by atoms with Gasteiger partial charge in [-0.15, -0.1) is 0 Å². The van der Waals surface area contributed by atoms with Gasteiger partial charge in [0.05, 0.1) is 0 Å². The number of hydrogen-bond acceptors (Lipinski definition) is 2. The smallest absolute Gasteiger partial charge is 0.410 e. The highest BCUT2D eigenvalue weighted by molar-refractivity contribution is 6.31. The molecule has 0 saturated carbocycles. The van der Waals surface area contributed by atoms with E-state index in [4.69, 9.17) is 16.3 Å². The molecular weight excluding hydrogens is 214 g/mol. The third kappa shape index (κ3) is 3.13. The van der Waals surface area contributed by atoms with Crippen LogP contribution < -0.4 is 10.1 Å². The van der Waals surface area contributed by atoms with Gasteiger partial charge >= 0.3 is 6.09 Å². The normalized spacial score (nSPS) is 10.2. The van der Waals surface area contributed by atoms with E-state index in [9.17, 15) is 4.79 Å². The van der Waals surface area contributed by atoms with E-state index in [-0.39, 0.29) is 0 Å². The number of carbonyl (C=O) groups excluding carboxylic acids is 1. The maximum absolute atomic E-state index is 11.0. The predicted molar refractivity (Wildman–Crippen MR) is 60.6 cm³/mol. The van der Waals surface area contributed by atoms with E-state index in [2.05, 4.69) is 5.32 Å². The number of ether oxygens (including phenoxy) is 1. The zero-order valence-electron chi connectivity index (χ0n) is 9.00. The fraction of sp³-hybridized carbons (Fsp3) is 0.364. The average molecular weight is 228 g/mol. The average Bonchev–Trinajstić information content (AvgIpc) is 2.20. The molecule has 0 aliphatic carbocycles. The van der Waals surface area contributed by atoms with E-state index < -0.39 is 6.09 Å². The summed E-state index contributed by atoms with van der Waals surface area (Å²) in [5.74, 6) is 0.799. The molecule has 1 amide bonds. The van der Waals surface area contributed by atoms with Crippen molar-refractivity contribution in [2.24, 2.45) is 0 Å². The van der Waals surface area contributed by atoms with E-state index in [1.165, 1.54) is 7.05 Å². The number of rotatable bonds is 2. The fourth-order valence-electron chi connectivity index (χ4n) is 1.19. The van der Waals surface area contributed by atoms with Gasteiger partial charge in [0.25, 0.3) is 0 Å². The Morgan fingerprint density at radius 2 is 2.13 bits per heavy atom. The Kier molecular flexibility index (Phi) is 3.97. The van der Waals surface area contributed by atoms with Gasteiger partial charge in [0.2, 0.25) is 0 Å². The predicted octanol–water partition coefficient (Wildman–Crippen LogP) is 3.18. The molecule has 1 N–H and O–H groups in total. The standard InChI is InChI=1S/C11H14ClNO2/c1-7(2)9-6-8(4-5-10(9)12)15-11(14)13-3/h4-7H,1-3H3,(H,13,14). The molecule has 0 spiro atoms. The first-order chi connectivity index (χ1) is 7.04. The number of nitrogens with one attached hydrogen (secondary N) is 1. The Hall–Kier alpha value is -1.22. The quantitative estimate of drug-likeness (QED) is 0.843. The molecule has 15 heavy (non-hydrogen) atoms. The van der Waals surface area contributed by atoms with Crippen LogP contribution in [-0.4, -0.2) is 13.1 Å². The minimum absolute atomic E-state index is 0.297. The third-order valence-electron chi connectivity index (χ3n) is 2.00. The summed E-state index contributed by atoms with van der Waals surface area (Å²) < 4.78 is 5.00. The Labute approximate surface area is 94.4 Å². The fourth-order valence-corrected chi connectivity index (χ4v) is 1.52. The first kappa shape index (κ1) is 11.9. The van der Waals surface area contributed by atoms with Gasteiger partial charge < -0.3 is 10.1 Å². The molecule has 0 aliphatic rings. The lowest BCUT2D eigenvalue weighted by molar-refractivity contribution is 0.203. The van der Waals surface area contributed by atoms with Crippen molar-refractivity contribution >= 4 is 17.7 Å². The van der Waals surface area contributed by atoms with Gasteiger partial charge in [0.15, 0.2) is 0 Å². The molecule has 0 radical (unpaired) electrons. The van der Waals surface area contributed by atoms with Gasteiger partial charge in [0.1, 0.15) is 5.75 Å². The molecule has 0 bridgehead atoms. The second-order valence-corrected chi connectivity index (χ2v) is 3.88. The van der Waals surface area contributed by atoms with Crippen LogP contribution in [-0.2, 0) is 0 Å². The molecule has 82 valence electrons. The summed E-state index contributed by atoms with van der Waals surface area (Å²) in [5, 5.41) is 3.07. The second-order valence-electron chi connectivity index (χ2n) is 3.48. The van der Waals surface area contributed by atoms with Crippen LogP contribution >= 0.6 is 11.6 Å². The first-order valence-electron chi connectivity index (χ1n) is 4.73. The number of halogens is 1. The van der Waals surface area contributed by atoms with Crippen molar-refractivity contribution in [3.05, 3.63) is 28.8 Å². The summed E-state index contributed by atoms with van der Waals surface area (Å²) in [7, 11) is 1.52. The Morgan fingerprint density at radius 1 is 1.47 bits per heavy atom. The van der Waals surface area contributed by atoms with Gasteiger partial charge in [-0.25, -0.2) is 4.79 Å². The molecule has 4 heteroatoms. The molecule has 0 fully saturated rings. The van der Waals surface area contributed by atoms with Gasteiger partial charge in [-0.2, -0.15) is 0 Å². The zero-order valence-corrected chi connectivity index (χ0v) is 9.76. The molecule has 0 aromatic heterocycles. The molecular formula is C11H14ClNO2. The molecule has 0 aliphatic heterocycles. The maximum Gasteiger partial charge on any atom is 0.412 e. The first-order valence-corrected chi connectivity index (χ1v) is 5.11. The minimum Gasteiger partial charge on any atom is -0.410 e. The van der Waals surface area contributed by atoms with Crippen molar-refractivity contribution in [1.82, 2.24) is 5.32 Å². The monoisotopic (exact) mass is 227 g/mol. The van der Waals surface area contributed by atoms with Crippen LogP contribution in [0, 0.1) is 0 Å². The topological polar surface area (TPSA) is 38.3 Å². The SMILES string of the molecule is CNC(=O)Oc1ccc(Cl)c(C(C)C)c1. The van der Waals surface area contributed by atoms with Crippen LogP contribution in [0.1, 0.15) is 25.3 Å². The molecule has 1 aromatic carbocycles. The van der Waals surface area contributed by atoms with E-state index in [0.717, 1.165) is 5.56 Å². The summed E-state index contributed by atoms with van der Waals surface area (Å²) in [5.41, 5.74) is 0.970. The highest BCUT2D eigenvalue weighted by Crippen LogP contribution is 2.28. The van der Waals surface area contributed by atoms with Gasteiger partial charge in [-0.1, -0.05) is 25.4 Å². The van der Waals surface area contributed by atoms with E-state index in [0.29, 0.717) is 16.7 Å². The lowest BCUT2D eigenvalue weighted by atomic mass is 10.0. The van der Waals surface area contributed by atoms with E-state index in [1.54, 1.807) is 18.2 Å². The Balaban J connectivity index is 2.92. The third-order valence-corrected chi connectivity index (χ3v) is 2.35. The number of hydrogen-bond donors (Lipinski definition) is 1. The van der Waals surface area contributed by atoms with Crippen LogP contribution in [0.2, 0.25) is 5.02 Å². The van der Waals surface area contributed by atoms with Crippen LogP contribution in [0.25, 0.3) is 0 Å². The van der Waals surface area contributed by atoms with E-state index in [1.807, 2.05) is 13.8 Å². The van der Waals surface area contributed by atoms with Crippen molar-refractivity contribution in [1.29, 1.82) is 0 Å². The highest BCUT2D eigenvalue weighted by Gasteiger charge is 2.08. The summed E-state index contributed by atoms with van der Waals surface area (Å²) in [6, 6.07) is 5.18. The van der Waals surface area contributed by atoms with E-state index >= 15 is 0 Å². The number of carbonyl (C=O) groups is 1. The molecule has 0 unspecified atom stereocenters. The second kappa shape index (κ2) is 5.03. The van der Waals surface area contributed by atoms with Crippen molar-refractivity contribution in [3.8, 4) is 5.75 Å². The van der Waals surface area contributed by atoms with Crippen LogP contribution in [0.15, 0.2) is 18.2 Å². The van der Waals surface area contributed by atoms with Crippen LogP contribution in [0.3, 0.4) is 0 Å². The zero-order chi connectivity index (χ0) is 11.4. The van der Waals surface area contributed by atoms with Crippen molar-refractivity contribution in [3.63, 3.8) is 0 Å². The summed E-state index contributed by atoms with van der Waals surface area (Å²) in [4.78, 5) is 11.0. The summed E-state index contributed by atoms with van der Waals surface area (Å²) in [6.07, 6.45) is -0.480. The number of benzene rings is 1. The van der Waals surface area contributed by atoms with Gasteiger partial charge in [-0.3, -0.25) is 0 Å². The van der Waals surface area contributed by atoms with Crippen LogP contribution in [0.4, 0.5) is 4.79 Å². The highest BCUT2D eigenvalue weighted by atomic mass is 35.5. The molecule has 0 saturated heterocycles. The number of amides is 1. The molecule has 0 heterocycles. The maximum atomic E-state index is 11.0. The minimum atomic E-state index is -0.480. The lowest BCUT2D eigenvalue weighted by Gasteiger charge is -2.10. The Morgan fingerprint density at radius 3 is 2.67 bits per heavy atom. The van der Waals surface area contributed by atoms with Crippen LogP contribution in [0.5, 0.6) is 5.75 Å². The summed E-state index contributed by atoms with van der Waals surface area (Å²) in [6.45, 7) is 4.07. The summed E-state index contributed by atoms with van der Waals surface area (Å²) >= 11 is 6.01. The van der Waals surface area contributed by atoms with Crippen molar-refractivity contribution < 1.29 is 9.53 Å². The van der Waals surface area contributed by atoms with Crippen molar-refractivity contribution in [2.75, 3.05) is 7.05 Å². The molecule has 0 atom stereocenters. The van der Waals surface area contributed by atoms with Gasteiger partial charge in [-0.05, 0) is 29.7 Å². The lowest BCUT2D eigenvalue weighted by Crippen LogP contribution is -2.22.